The molecule has 2 N–H and O–H groups in total. The Kier molecular flexibility index (Phi) is 11.9. The molecule has 0 unspecified atom stereocenters. The lowest BCUT2D eigenvalue weighted by Gasteiger charge is -2.14. The molecule has 0 aliphatic heterocycles. The first-order valence-electron chi connectivity index (χ1n) is 14.7. The number of rotatable bonds is 14. The Labute approximate surface area is 267 Å². The fourth-order valence-electron chi connectivity index (χ4n) is 4.25. The summed E-state index contributed by atoms with van der Waals surface area (Å²) in [6, 6.07) is 23.0. The molecule has 4 rings (SSSR count). The zero-order valence-electron chi connectivity index (χ0n) is 25.9. The molecule has 0 saturated heterocycles. The monoisotopic (exact) mass is 626 g/mol. The lowest BCUT2D eigenvalue weighted by atomic mass is 9.80. The molecule has 0 saturated carbocycles. The highest BCUT2D eigenvalue weighted by molar-refractivity contribution is 6.58. The minimum atomic E-state index is -1.52. The van der Waals surface area contributed by atoms with Gasteiger partial charge in [-0.05, 0) is 110 Å². The molecule has 4 aromatic carbocycles. The summed E-state index contributed by atoms with van der Waals surface area (Å²) < 4.78 is 27.6. The predicted molar refractivity (Wildman–Crippen MR) is 171 cm³/mol. The lowest BCUT2D eigenvalue weighted by Crippen LogP contribution is -2.29. The number of ether oxygens (including phenoxy) is 5. The Balaban J connectivity index is 1.27. The van der Waals surface area contributed by atoms with Gasteiger partial charge < -0.3 is 33.7 Å². The summed E-state index contributed by atoms with van der Waals surface area (Å²) in [4.78, 5) is 36.4. The van der Waals surface area contributed by atoms with Gasteiger partial charge in [0.25, 0.3) is 0 Å². The second kappa shape index (κ2) is 16.3. The topological polar surface area (TPSA) is 138 Å². The molecule has 0 spiro atoms. The van der Waals surface area contributed by atoms with Crippen molar-refractivity contribution in [3.05, 3.63) is 113 Å². The first-order chi connectivity index (χ1) is 22.1. The predicted octanol–water partition coefficient (Wildman–Crippen LogP) is 4.72. The number of carbonyl (C=O) groups excluding carboxylic acids is 3. The number of hydrogen-bond donors (Lipinski definition) is 2. The van der Waals surface area contributed by atoms with Crippen molar-refractivity contribution < 1.29 is 48.1 Å². The van der Waals surface area contributed by atoms with Gasteiger partial charge >= 0.3 is 25.0 Å². The van der Waals surface area contributed by atoms with Crippen molar-refractivity contribution >= 4 is 30.5 Å². The summed E-state index contributed by atoms with van der Waals surface area (Å²) >= 11 is 0. The van der Waals surface area contributed by atoms with E-state index in [1.54, 1.807) is 98.8 Å². The summed E-state index contributed by atoms with van der Waals surface area (Å²) in [6.07, 6.45) is 1.42. The van der Waals surface area contributed by atoms with E-state index in [0.29, 0.717) is 70.3 Å². The van der Waals surface area contributed by atoms with Crippen LogP contribution in [0.15, 0.2) is 84.9 Å². The Bertz CT molecular complexity index is 1630. The second-order valence-corrected chi connectivity index (χ2v) is 10.4. The first kappa shape index (κ1) is 33.8. The molecule has 0 heterocycles. The Hall–Kier alpha value is -5.13. The highest BCUT2D eigenvalue weighted by atomic mass is 16.5. The summed E-state index contributed by atoms with van der Waals surface area (Å²) in [6.45, 7) is 6.00. The van der Waals surface area contributed by atoms with Crippen molar-refractivity contribution in [2.75, 3.05) is 13.2 Å². The first-order valence-corrected chi connectivity index (χ1v) is 14.7. The van der Waals surface area contributed by atoms with Crippen molar-refractivity contribution in [3.8, 4) is 23.0 Å². The van der Waals surface area contributed by atoms with Gasteiger partial charge in [0.05, 0.1) is 24.3 Å². The molecule has 0 radical (unpaired) electrons. The van der Waals surface area contributed by atoms with Gasteiger partial charge in [-0.25, -0.2) is 9.59 Å². The zero-order chi connectivity index (χ0) is 33.1. The standard InChI is InChI=1S/C35H35BO10/c1-23-24(2)33(46-35(39)28-10-16-31(17-11-28)44-22-26-6-12-29(13-7-26)36(40)41)19-18-32(23)45-34(38)27-8-14-30(15-9-27)43-21-5-4-20-42-25(3)37/h6-19,40-41H,4-5,20-22H2,1-3H3. The summed E-state index contributed by atoms with van der Waals surface area (Å²) in [5.41, 5.74) is 3.21. The summed E-state index contributed by atoms with van der Waals surface area (Å²) in [7, 11) is -1.52. The summed E-state index contributed by atoms with van der Waals surface area (Å²) in [5.74, 6) is 0.454. The minimum absolute atomic E-state index is 0.266. The third kappa shape index (κ3) is 9.69. The SMILES string of the molecule is CC(=O)OCCCCOc1ccc(C(=O)Oc2ccc(OC(=O)c3ccc(OCc4ccc(B(O)O)cc4)cc3)c(C)c2C)cc1. The molecular formula is C35H35BO10. The maximum absolute atomic E-state index is 12.8. The average molecular weight is 626 g/mol. The quantitative estimate of drug-likeness (QED) is 0.0875. The highest BCUT2D eigenvalue weighted by Gasteiger charge is 2.17. The molecule has 4 aromatic rings. The maximum atomic E-state index is 12.8. The van der Waals surface area contributed by atoms with E-state index in [2.05, 4.69) is 0 Å². The molecule has 0 bridgehead atoms. The molecule has 46 heavy (non-hydrogen) atoms. The van der Waals surface area contributed by atoms with Crippen LogP contribution in [0.1, 0.15) is 57.2 Å². The van der Waals surface area contributed by atoms with Crippen LogP contribution >= 0.6 is 0 Å². The fraction of sp³-hybridized carbons (Fsp3) is 0.229. The van der Waals surface area contributed by atoms with Crippen LogP contribution in [0.3, 0.4) is 0 Å². The number of benzene rings is 4. The maximum Gasteiger partial charge on any atom is 0.488 e. The molecule has 238 valence electrons. The van der Waals surface area contributed by atoms with E-state index in [4.69, 9.17) is 23.7 Å². The van der Waals surface area contributed by atoms with Crippen molar-refractivity contribution in [1.29, 1.82) is 0 Å². The fourth-order valence-corrected chi connectivity index (χ4v) is 4.25. The zero-order valence-corrected chi connectivity index (χ0v) is 25.9. The largest absolute Gasteiger partial charge is 0.494 e. The molecule has 0 atom stereocenters. The summed E-state index contributed by atoms with van der Waals surface area (Å²) in [5, 5.41) is 18.4. The van der Waals surface area contributed by atoms with Gasteiger partial charge in [-0.3, -0.25) is 4.79 Å². The normalized spacial score (nSPS) is 10.5. The molecule has 11 heteroatoms. The average Bonchev–Trinajstić information content (AvgIpc) is 3.05. The Morgan fingerprint density at radius 2 is 1.11 bits per heavy atom. The number of esters is 3. The van der Waals surface area contributed by atoms with Crippen LogP contribution in [0.2, 0.25) is 0 Å². The molecule has 0 aromatic heterocycles. The van der Waals surface area contributed by atoms with E-state index in [1.807, 2.05) is 0 Å². The van der Waals surface area contributed by atoms with E-state index in [-0.39, 0.29) is 12.6 Å². The van der Waals surface area contributed by atoms with Crippen molar-refractivity contribution in [2.45, 2.75) is 40.2 Å². The van der Waals surface area contributed by atoms with E-state index >= 15 is 0 Å². The third-order valence-corrected chi connectivity index (χ3v) is 7.07. The van der Waals surface area contributed by atoms with E-state index in [1.165, 1.54) is 6.92 Å². The molecule has 0 fully saturated rings. The third-order valence-electron chi connectivity index (χ3n) is 7.07. The molecule has 0 amide bonds. The van der Waals surface area contributed by atoms with Crippen molar-refractivity contribution in [2.24, 2.45) is 0 Å². The number of hydrogen-bond acceptors (Lipinski definition) is 10. The van der Waals surface area contributed by atoms with E-state index < -0.39 is 19.1 Å². The van der Waals surface area contributed by atoms with Crippen LogP contribution in [0.5, 0.6) is 23.0 Å². The van der Waals surface area contributed by atoms with Crippen LogP contribution in [0.4, 0.5) is 0 Å². The van der Waals surface area contributed by atoms with E-state index in [0.717, 1.165) is 12.0 Å². The van der Waals surface area contributed by atoms with Crippen LogP contribution in [0.25, 0.3) is 0 Å². The van der Waals surface area contributed by atoms with E-state index in [9.17, 15) is 24.4 Å². The van der Waals surface area contributed by atoms with Gasteiger partial charge in [0, 0.05) is 6.92 Å². The minimum Gasteiger partial charge on any atom is -0.494 e. The Morgan fingerprint density at radius 3 is 1.59 bits per heavy atom. The van der Waals surface area contributed by atoms with Crippen LogP contribution in [0, 0.1) is 13.8 Å². The Morgan fingerprint density at radius 1 is 0.630 bits per heavy atom. The second-order valence-electron chi connectivity index (χ2n) is 10.4. The van der Waals surface area contributed by atoms with Gasteiger partial charge in [-0.2, -0.15) is 0 Å². The van der Waals surface area contributed by atoms with Gasteiger partial charge in [0.15, 0.2) is 0 Å². The molecular weight excluding hydrogens is 591 g/mol. The number of unbranched alkanes of at least 4 members (excludes halogenated alkanes) is 1. The van der Waals surface area contributed by atoms with Crippen molar-refractivity contribution in [3.63, 3.8) is 0 Å². The van der Waals surface area contributed by atoms with Gasteiger partial charge in [-0.1, -0.05) is 24.3 Å². The molecule has 0 aliphatic rings. The van der Waals surface area contributed by atoms with Crippen LogP contribution < -0.4 is 24.4 Å². The number of carbonyl (C=O) groups is 3. The lowest BCUT2D eigenvalue weighted by molar-refractivity contribution is -0.141. The highest BCUT2D eigenvalue weighted by Crippen LogP contribution is 2.30. The van der Waals surface area contributed by atoms with Gasteiger partial charge in [0.2, 0.25) is 0 Å². The van der Waals surface area contributed by atoms with Crippen molar-refractivity contribution in [1.82, 2.24) is 0 Å². The molecule has 0 aliphatic carbocycles. The molecule has 10 nitrogen and oxygen atoms in total. The van der Waals surface area contributed by atoms with Gasteiger partial charge in [-0.15, -0.1) is 0 Å². The van der Waals surface area contributed by atoms with Crippen LogP contribution in [-0.2, 0) is 16.1 Å². The van der Waals surface area contributed by atoms with Gasteiger partial charge in [0.1, 0.15) is 29.6 Å². The van der Waals surface area contributed by atoms with Crippen LogP contribution in [-0.4, -0.2) is 48.3 Å². The smallest absolute Gasteiger partial charge is 0.488 e.